The van der Waals surface area contributed by atoms with E-state index in [1.165, 1.54) is 24.0 Å². The maximum Gasteiger partial charge on any atom is 0.258 e. The zero-order valence-electron chi connectivity index (χ0n) is 21.2. The molecular formula is C28H35N6O2+. The monoisotopic (exact) mass is 487 g/mol. The summed E-state index contributed by atoms with van der Waals surface area (Å²) in [5.41, 5.74) is 5.54. The summed E-state index contributed by atoms with van der Waals surface area (Å²) >= 11 is 0. The van der Waals surface area contributed by atoms with Gasteiger partial charge in [-0.2, -0.15) is 0 Å². The lowest BCUT2D eigenvalue weighted by Gasteiger charge is -2.27. The number of carbonyl (C=O) groups excluding carboxylic acids is 1. The molecule has 3 heterocycles. The first-order chi connectivity index (χ1) is 17.3. The first-order valence-electron chi connectivity index (χ1n) is 12.7. The van der Waals surface area contributed by atoms with Gasteiger partial charge in [0.15, 0.2) is 5.69 Å². The summed E-state index contributed by atoms with van der Waals surface area (Å²) in [6.07, 6.45) is 5.04. The molecule has 8 nitrogen and oxygen atoms in total. The molecule has 3 aromatic rings. The molecule has 5 rings (SSSR count). The van der Waals surface area contributed by atoms with Crippen molar-refractivity contribution < 1.29 is 15.2 Å². The van der Waals surface area contributed by atoms with E-state index < -0.39 is 5.41 Å². The Hall–Kier alpha value is -3.33. The number of fused-ring (bicyclic) bond motifs is 2. The molecule has 0 atom stereocenters. The molecule has 1 aromatic carbocycles. The van der Waals surface area contributed by atoms with Gasteiger partial charge in [0, 0.05) is 48.1 Å². The molecule has 2 aromatic heterocycles. The van der Waals surface area contributed by atoms with Crippen molar-refractivity contribution in [1.82, 2.24) is 20.6 Å². The van der Waals surface area contributed by atoms with Crippen LogP contribution in [0.15, 0.2) is 48.7 Å². The van der Waals surface area contributed by atoms with Crippen molar-refractivity contribution >= 4 is 28.9 Å². The number of anilines is 2. The van der Waals surface area contributed by atoms with Gasteiger partial charge in [0.1, 0.15) is 11.4 Å². The van der Waals surface area contributed by atoms with E-state index in [9.17, 15) is 9.90 Å². The summed E-state index contributed by atoms with van der Waals surface area (Å²) in [5, 5.41) is 21.6. The topological polar surface area (TPSA) is 116 Å². The molecule has 1 spiro atoms. The zero-order valence-corrected chi connectivity index (χ0v) is 21.2. The van der Waals surface area contributed by atoms with Gasteiger partial charge >= 0.3 is 0 Å². The lowest BCUT2D eigenvalue weighted by atomic mass is 9.90. The van der Waals surface area contributed by atoms with Crippen molar-refractivity contribution in [2.45, 2.75) is 51.0 Å². The van der Waals surface area contributed by atoms with Crippen LogP contribution in [0.3, 0.4) is 0 Å². The molecule has 0 radical (unpaired) electrons. The van der Waals surface area contributed by atoms with Gasteiger partial charge in [-0.05, 0) is 55.5 Å². The Morgan fingerprint density at radius 2 is 2.06 bits per heavy atom. The minimum atomic E-state index is -0.460. The SMILES string of the molecule is CCNC(=O)c1cnc(Nc2ccc3c(c2)CCNC32CC2)cc1[NH2+]c1cccc(C(C)(C)CO)n1. The lowest BCUT2D eigenvalue weighted by molar-refractivity contribution is -0.483. The highest BCUT2D eigenvalue weighted by Crippen LogP contribution is 2.48. The number of pyridine rings is 2. The van der Waals surface area contributed by atoms with E-state index in [1.807, 2.05) is 50.4 Å². The first kappa shape index (κ1) is 24.4. The smallest absolute Gasteiger partial charge is 0.258 e. The summed E-state index contributed by atoms with van der Waals surface area (Å²) in [6.45, 7) is 7.33. The number of aromatic nitrogens is 2. The number of quaternary nitrogens is 1. The number of carbonyl (C=O) groups is 1. The minimum Gasteiger partial charge on any atom is -0.395 e. The van der Waals surface area contributed by atoms with E-state index in [1.54, 1.807) is 6.20 Å². The largest absolute Gasteiger partial charge is 0.395 e. The van der Waals surface area contributed by atoms with Crippen LogP contribution >= 0.6 is 0 Å². The number of nitrogens with two attached hydrogens (primary N) is 1. The molecule has 6 N–H and O–H groups in total. The number of aliphatic hydroxyl groups is 1. The van der Waals surface area contributed by atoms with Crippen molar-refractivity contribution in [3.63, 3.8) is 0 Å². The highest BCUT2D eigenvalue weighted by atomic mass is 16.3. The van der Waals surface area contributed by atoms with Crippen molar-refractivity contribution in [3.05, 3.63) is 71.0 Å². The van der Waals surface area contributed by atoms with Gasteiger partial charge < -0.3 is 21.1 Å². The normalized spacial score (nSPS) is 15.9. The van der Waals surface area contributed by atoms with Gasteiger partial charge in [-0.15, -0.1) is 0 Å². The summed E-state index contributed by atoms with van der Waals surface area (Å²) in [4.78, 5) is 22.1. The number of hydrogen-bond acceptors (Lipinski definition) is 6. The van der Waals surface area contributed by atoms with E-state index in [4.69, 9.17) is 4.98 Å². The summed E-state index contributed by atoms with van der Waals surface area (Å²) in [6, 6.07) is 14.2. The van der Waals surface area contributed by atoms with Crippen LogP contribution in [0.25, 0.3) is 0 Å². The van der Waals surface area contributed by atoms with Crippen molar-refractivity contribution in [1.29, 1.82) is 0 Å². The summed E-state index contributed by atoms with van der Waals surface area (Å²) in [5.74, 6) is 1.20. The quantitative estimate of drug-likeness (QED) is 0.334. The van der Waals surface area contributed by atoms with Gasteiger partial charge in [0.05, 0.1) is 12.3 Å². The van der Waals surface area contributed by atoms with Crippen molar-refractivity contribution in [3.8, 4) is 0 Å². The number of nitrogens with one attached hydrogen (secondary N) is 3. The third-order valence-electron chi connectivity index (χ3n) is 7.18. The maximum atomic E-state index is 12.8. The molecule has 2 aliphatic rings. The van der Waals surface area contributed by atoms with Crippen LogP contribution in [0.2, 0.25) is 0 Å². The fourth-order valence-corrected chi connectivity index (χ4v) is 4.85. The van der Waals surface area contributed by atoms with Crippen LogP contribution in [-0.4, -0.2) is 40.7 Å². The van der Waals surface area contributed by atoms with E-state index >= 15 is 0 Å². The highest BCUT2D eigenvalue weighted by molar-refractivity contribution is 5.98. The second kappa shape index (κ2) is 9.61. The molecular weight excluding hydrogens is 452 g/mol. The third kappa shape index (κ3) is 4.84. The van der Waals surface area contributed by atoms with Crippen LogP contribution in [0, 0.1) is 0 Å². The van der Waals surface area contributed by atoms with Gasteiger partial charge in [-0.25, -0.2) is 9.97 Å². The van der Waals surface area contributed by atoms with Crippen LogP contribution in [0.1, 0.15) is 60.8 Å². The lowest BCUT2D eigenvalue weighted by Crippen LogP contribution is -2.72. The molecule has 1 aliphatic heterocycles. The van der Waals surface area contributed by atoms with Crippen LogP contribution < -0.4 is 21.3 Å². The molecule has 1 amide bonds. The third-order valence-corrected chi connectivity index (χ3v) is 7.18. The Kier molecular flexibility index (Phi) is 6.51. The van der Waals surface area contributed by atoms with E-state index in [-0.39, 0.29) is 18.1 Å². The van der Waals surface area contributed by atoms with Crippen LogP contribution in [0.5, 0.6) is 0 Å². The number of nitrogens with zero attached hydrogens (tertiary/aromatic N) is 2. The van der Waals surface area contributed by atoms with E-state index in [2.05, 4.69) is 39.1 Å². The molecule has 188 valence electrons. The molecule has 0 saturated heterocycles. The fraction of sp³-hybridized carbons (Fsp3) is 0.393. The number of amides is 1. The van der Waals surface area contributed by atoms with Crippen molar-refractivity contribution in [2.24, 2.45) is 0 Å². The second-order valence-electron chi connectivity index (χ2n) is 10.4. The Bertz CT molecular complexity index is 1280. The number of hydrogen-bond donors (Lipinski definition) is 5. The molecule has 1 saturated carbocycles. The predicted octanol–water partition coefficient (Wildman–Crippen LogP) is 2.90. The molecule has 1 fully saturated rings. The van der Waals surface area contributed by atoms with Crippen LogP contribution in [-0.2, 0) is 17.4 Å². The standard InChI is InChI=1S/C28H34N6O2/c1-4-29-26(36)20-16-30-25(15-22(20)33-24-7-5-6-23(34-24)27(2,3)17-35)32-19-8-9-21-18(14-19)10-13-31-28(21)11-12-28/h5-9,14-16,31,35H,4,10-13,17H2,1-3H3,(H,29,36)(H2,30,32,33,34)/p+1. The Morgan fingerprint density at radius 1 is 1.22 bits per heavy atom. The molecule has 1 aliphatic carbocycles. The van der Waals surface area contributed by atoms with E-state index in [0.29, 0.717) is 23.7 Å². The average Bonchev–Trinajstić information content (AvgIpc) is 3.64. The minimum absolute atomic E-state index is 0.00506. The van der Waals surface area contributed by atoms with Gasteiger partial charge in [-0.3, -0.25) is 10.1 Å². The molecule has 8 heteroatoms. The molecule has 36 heavy (non-hydrogen) atoms. The van der Waals surface area contributed by atoms with E-state index in [0.717, 1.165) is 30.0 Å². The predicted molar refractivity (Wildman–Crippen MR) is 140 cm³/mol. The summed E-state index contributed by atoms with van der Waals surface area (Å²) in [7, 11) is 0. The second-order valence-corrected chi connectivity index (χ2v) is 10.4. The Morgan fingerprint density at radius 3 is 2.81 bits per heavy atom. The molecule has 0 bridgehead atoms. The maximum absolute atomic E-state index is 12.8. The number of aliphatic hydroxyl groups excluding tert-OH is 1. The fourth-order valence-electron chi connectivity index (χ4n) is 4.85. The van der Waals surface area contributed by atoms with Crippen LogP contribution in [0.4, 0.5) is 23.0 Å². The summed E-state index contributed by atoms with van der Waals surface area (Å²) < 4.78 is 0. The first-order valence-corrected chi connectivity index (χ1v) is 12.7. The number of benzene rings is 1. The average molecular weight is 488 g/mol. The van der Waals surface area contributed by atoms with Crippen molar-refractivity contribution in [2.75, 3.05) is 25.0 Å². The zero-order chi connectivity index (χ0) is 25.3. The molecule has 0 unspecified atom stereocenters. The Balaban J connectivity index is 1.44. The van der Waals surface area contributed by atoms with Gasteiger partial charge in [-0.1, -0.05) is 26.0 Å². The van der Waals surface area contributed by atoms with Gasteiger partial charge in [0.2, 0.25) is 5.82 Å². The number of rotatable bonds is 8. The van der Waals surface area contributed by atoms with Gasteiger partial charge in [0.25, 0.3) is 5.91 Å². The Labute approximate surface area is 212 Å². The highest BCUT2D eigenvalue weighted by Gasteiger charge is 2.46.